The van der Waals surface area contributed by atoms with Crippen molar-refractivity contribution < 1.29 is 4.79 Å². The Morgan fingerprint density at radius 2 is 1.64 bits per heavy atom. The Morgan fingerprint density at radius 1 is 0.920 bits per heavy atom. The van der Waals surface area contributed by atoms with Crippen LogP contribution in [0.3, 0.4) is 0 Å². The van der Waals surface area contributed by atoms with E-state index in [2.05, 4.69) is 10.3 Å². The number of anilines is 1. The molecule has 0 bridgehead atoms. The number of amides is 1. The second-order valence-corrected chi connectivity index (χ2v) is 7.07. The molecule has 3 aromatic carbocycles. The molecule has 0 spiro atoms. The average Bonchev–Trinajstić information content (AvgIpc) is 3.05. The van der Waals surface area contributed by atoms with Gasteiger partial charge in [0.05, 0.1) is 5.69 Å². The van der Waals surface area contributed by atoms with E-state index >= 15 is 0 Å². The molecule has 1 heterocycles. The maximum Gasteiger partial charge on any atom is 0.268 e. The molecule has 122 valence electrons. The van der Waals surface area contributed by atoms with Gasteiger partial charge in [0.2, 0.25) is 0 Å². The van der Waals surface area contributed by atoms with Gasteiger partial charge in [-0.1, -0.05) is 89.7 Å². The van der Waals surface area contributed by atoms with Gasteiger partial charge < -0.3 is 5.32 Å². The van der Waals surface area contributed by atoms with E-state index in [1.165, 1.54) is 11.3 Å². The standard InChI is InChI=1S/C20H13ClN2OS/c21-20-23-17(14-8-2-1-3-9-14)18(25-20)19(24)22-16-12-6-10-13-7-4-5-11-15(13)16/h1-12H,(H,22,24). The summed E-state index contributed by atoms with van der Waals surface area (Å²) in [6, 6.07) is 23.4. The van der Waals surface area contributed by atoms with Crippen LogP contribution in [-0.4, -0.2) is 10.9 Å². The highest BCUT2D eigenvalue weighted by molar-refractivity contribution is 7.18. The predicted octanol–water partition coefficient (Wildman–Crippen LogP) is 5.87. The SMILES string of the molecule is O=C(Nc1cccc2ccccc12)c1sc(Cl)nc1-c1ccccc1. The van der Waals surface area contributed by atoms with Gasteiger partial charge in [-0.05, 0) is 11.5 Å². The fraction of sp³-hybridized carbons (Fsp3) is 0. The molecule has 0 aliphatic heterocycles. The van der Waals surface area contributed by atoms with Gasteiger partial charge in [-0.3, -0.25) is 4.79 Å². The van der Waals surface area contributed by atoms with Crippen LogP contribution in [0.1, 0.15) is 9.67 Å². The molecule has 0 saturated carbocycles. The second kappa shape index (κ2) is 6.67. The summed E-state index contributed by atoms with van der Waals surface area (Å²) in [5.74, 6) is -0.209. The predicted molar refractivity (Wildman–Crippen MR) is 104 cm³/mol. The van der Waals surface area contributed by atoms with Gasteiger partial charge in [0, 0.05) is 16.6 Å². The summed E-state index contributed by atoms with van der Waals surface area (Å²) in [4.78, 5) is 17.7. The highest BCUT2D eigenvalue weighted by Crippen LogP contribution is 2.32. The van der Waals surface area contributed by atoms with E-state index < -0.39 is 0 Å². The molecule has 1 amide bonds. The first-order chi connectivity index (χ1) is 12.2. The van der Waals surface area contributed by atoms with Crippen molar-refractivity contribution in [2.75, 3.05) is 5.32 Å². The Hall–Kier alpha value is -2.69. The van der Waals surface area contributed by atoms with Crippen LogP contribution in [0.25, 0.3) is 22.0 Å². The second-order valence-electron chi connectivity index (χ2n) is 5.49. The minimum absolute atomic E-state index is 0.209. The van der Waals surface area contributed by atoms with Crippen LogP contribution in [0.15, 0.2) is 72.8 Å². The Balaban J connectivity index is 1.73. The molecular formula is C20H13ClN2OS. The molecular weight excluding hydrogens is 352 g/mol. The number of carbonyl (C=O) groups is 1. The summed E-state index contributed by atoms with van der Waals surface area (Å²) < 4.78 is 0.349. The fourth-order valence-electron chi connectivity index (χ4n) is 2.75. The monoisotopic (exact) mass is 364 g/mol. The van der Waals surface area contributed by atoms with Gasteiger partial charge in [-0.2, -0.15) is 0 Å². The van der Waals surface area contributed by atoms with Crippen molar-refractivity contribution in [1.82, 2.24) is 4.98 Å². The molecule has 0 saturated heterocycles. The fourth-order valence-corrected chi connectivity index (χ4v) is 3.78. The largest absolute Gasteiger partial charge is 0.321 e. The molecule has 5 heteroatoms. The third kappa shape index (κ3) is 3.14. The number of fused-ring (bicyclic) bond motifs is 1. The van der Waals surface area contributed by atoms with E-state index in [1.54, 1.807) is 0 Å². The van der Waals surface area contributed by atoms with Crippen molar-refractivity contribution in [2.45, 2.75) is 0 Å². The van der Waals surface area contributed by atoms with E-state index in [0.717, 1.165) is 22.0 Å². The molecule has 0 aliphatic carbocycles. The van der Waals surface area contributed by atoms with Crippen molar-refractivity contribution >= 4 is 45.3 Å². The van der Waals surface area contributed by atoms with Crippen molar-refractivity contribution in [3.05, 3.63) is 82.1 Å². The summed E-state index contributed by atoms with van der Waals surface area (Å²) in [6.07, 6.45) is 0. The summed E-state index contributed by atoms with van der Waals surface area (Å²) in [5, 5.41) is 5.07. The number of thiazole rings is 1. The van der Waals surface area contributed by atoms with Gasteiger partial charge in [0.1, 0.15) is 4.88 Å². The van der Waals surface area contributed by atoms with E-state index in [-0.39, 0.29) is 5.91 Å². The molecule has 4 aromatic rings. The van der Waals surface area contributed by atoms with Crippen LogP contribution in [0.2, 0.25) is 4.47 Å². The summed E-state index contributed by atoms with van der Waals surface area (Å²) in [6.45, 7) is 0. The molecule has 1 N–H and O–H groups in total. The number of aromatic nitrogens is 1. The number of rotatable bonds is 3. The quantitative estimate of drug-likeness (QED) is 0.494. The van der Waals surface area contributed by atoms with E-state index in [0.29, 0.717) is 15.0 Å². The average molecular weight is 365 g/mol. The van der Waals surface area contributed by atoms with E-state index in [4.69, 9.17) is 11.6 Å². The lowest BCUT2D eigenvalue weighted by Crippen LogP contribution is -2.11. The molecule has 4 rings (SSSR count). The third-order valence-electron chi connectivity index (χ3n) is 3.89. The van der Waals surface area contributed by atoms with Crippen molar-refractivity contribution in [2.24, 2.45) is 0 Å². The Labute approximate surface area is 153 Å². The number of hydrogen-bond donors (Lipinski definition) is 1. The number of nitrogens with zero attached hydrogens (tertiary/aromatic N) is 1. The minimum atomic E-state index is -0.209. The number of benzene rings is 3. The van der Waals surface area contributed by atoms with Gasteiger partial charge in [0.25, 0.3) is 5.91 Å². The zero-order valence-corrected chi connectivity index (χ0v) is 14.6. The highest BCUT2D eigenvalue weighted by atomic mass is 35.5. The molecule has 0 atom stereocenters. The van der Waals surface area contributed by atoms with Gasteiger partial charge >= 0.3 is 0 Å². The van der Waals surface area contributed by atoms with Gasteiger partial charge in [-0.15, -0.1) is 0 Å². The van der Waals surface area contributed by atoms with Crippen molar-refractivity contribution in [1.29, 1.82) is 0 Å². The molecule has 0 aliphatic rings. The first-order valence-electron chi connectivity index (χ1n) is 7.73. The van der Waals surface area contributed by atoms with Gasteiger partial charge in [0.15, 0.2) is 4.47 Å². The van der Waals surface area contributed by atoms with Crippen LogP contribution in [0, 0.1) is 0 Å². The number of hydrogen-bond acceptors (Lipinski definition) is 3. The summed E-state index contributed by atoms with van der Waals surface area (Å²) in [5.41, 5.74) is 2.24. The Kier molecular flexibility index (Phi) is 4.22. The topological polar surface area (TPSA) is 42.0 Å². The van der Waals surface area contributed by atoms with Crippen molar-refractivity contribution in [3.63, 3.8) is 0 Å². The number of carbonyl (C=O) groups excluding carboxylic acids is 1. The van der Waals surface area contributed by atoms with Crippen LogP contribution in [0.4, 0.5) is 5.69 Å². The lowest BCUT2D eigenvalue weighted by Gasteiger charge is -2.08. The molecule has 1 aromatic heterocycles. The van der Waals surface area contributed by atoms with Crippen LogP contribution >= 0.6 is 22.9 Å². The summed E-state index contributed by atoms with van der Waals surface area (Å²) in [7, 11) is 0. The molecule has 0 fully saturated rings. The van der Waals surface area contributed by atoms with Crippen LogP contribution in [-0.2, 0) is 0 Å². The first kappa shape index (κ1) is 15.8. The summed E-state index contributed by atoms with van der Waals surface area (Å²) >= 11 is 7.27. The first-order valence-corrected chi connectivity index (χ1v) is 8.93. The maximum absolute atomic E-state index is 12.9. The normalized spacial score (nSPS) is 10.8. The molecule has 25 heavy (non-hydrogen) atoms. The van der Waals surface area contributed by atoms with Crippen LogP contribution in [0.5, 0.6) is 0 Å². The van der Waals surface area contributed by atoms with Crippen molar-refractivity contribution in [3.8, 4) is 11.3 Å². The molecule has 3 nitrogen and oxygen atoms in total. The smallest absolute Gasteiger partial charge is 0.268 e. The van der Waals surface area contributed by atoms with Gasteiger partial charge in [-0.25, -0.2) is 4.98 Å². The lowest BCUT2D eigenvalue weighted by atomic mass is 10.1. The maximum atomic E-state index is 12.9. The Morgan fingerprint density at radius 3 is 2.48 bits per heavy atom. The third-order valence-corrected chi connectivity index (χ3v) is 5.05. The zero-order chi connectivity index (χ0) is 17.2. The van der Waals surface area contributed by atoms with Crippen LogP contribution < -0.4 is 5.32 Å². The van der Waals surface area contributed by atoms with E-state index in [9.17, 15) is 4.79 Å². The molecule has 0 radical (unpaired) electrons. The lowest BCUT2D eigenvalue weighted by molar-refractivity contribution is 0.103. The zero-order valence-electron chi connectivity index (χ0n) is 13.1. The Bertz CT molecular complexity index is 1050. The number of halogens is 1. The number of nitrogens with one attached hydrogen (secondary N) is 1. The highest BCUT2D eigenvalue weighted by Gasteiger charge is 2.19. The minimum Gasteiger partial charge on any atom is -0.321 e. The molecule has 0 unspecified atom stereocenters. The van der Waals surface area contributed by atoms with E-state index in [1.807, 2.05) is 72.8 Å².